The molecule has 0 aliphatic heterocycles. The fourth-order valence-electron chi connectivity index (χ4n) is 2.61. The van der Waals surface area contributed by atoms with Crippen LogP contribution in [0.1, 0.15) is 15.9 Å². The van der Waals surface area contributed by atoms with Gasteiger partial charge in [0.25, 0.3) is 5.91 Å². The lowest BCUT2D eigenvalue weighted by Gasteiger charge is -2.03. The Labute approximate surface area is 143 Å². The minimum absolute atomic E-state index is 0.118. The lowest BCUT2D eigenvalue weighted by molar-refractivity contribution is 0.0951. The first-order chi connectivity index (χ1) is 11.8. The van der Waals surface area contributed by atoms with Crippen LogP contribution < -0.4 is 5.32 Å². The molecule has 2 aromatic heterocycles. The molecular formula is C19H15N3OS. The van der Waals surface area contributed by atoms with Crippen LogP contribution >= 0.6 is 11.3 Å². The van der Waals surface area contributed by atoms with Gasteiger partial charge < -0.3 is 5.32 Å². The molecule has 0 saturated carbocycles. The molecule has 4 rings (SSSR count). The Bertz CT molecular complexity index is 988. The number of fused-ring (bicyclic) bond motifs is 1. The Balaban J connectivity index is 1.48. The van der Waals surface area contributed by atoms with Crippen molar-refractivity contribution in [3.8, 4) is 5.69 Å². The number of thiophene rings is 1. The molecule has 4 nitrogen and oxygen atoms in total. The van der Waals surface area contributed by atoms with E-state index in [1.54, 1.807) is 28.4 Å². The molecule has 0 aliphatic rings. The van der Waals surface area contributed by atoms with E-state index in [9.17, 15) is 4.79 Å². The maximum absolute atomic E-state index is 12.4. The van der Waals surface area contributed by atoms with E-state index in [1.807, 2.05) is 42.5 Å². The average molecular weight is 333 g/mol. The van der Waals surface area contributed by atoms with E-state index >= 15 is 0 Å². The second-order valence-electron chi connectivity index (χ2n) is 5.45. The number of carbonyl (C=O) groups excluding carboxylic acids is 1. The van der Waals surface area contributed by atoms with Gasteiger partial charge in [0.1, 0.15) is 0 Å². The number of hydrogen-bond donors (Lipinski definition) is 1. The fourth-order valence-corrected chi connectivity index (χ4v) is 3.57. The number of carbonyl (C=O) groups is 1. The zero-order valence-electron chi connectivity index (χ0n) is 12.8. The molecule has 0 unspecified atom stereocenters. The topological polar surface area (TPSA) is 46.9 Å². The van der Waals surface area contributed by atoms with Crippen LogP contribution in [-0.2, 0) is 6.54 Å². The van der Waals surface area contributed by atoms with Crippen molar-refractivity contribution in [1.82, 2.24) is 15.1 Å². The second-order valence-corrected chi connectivity index (χ2v) is 6.36. The van der Waals surface area contributed by atoms with E-state index in [4.69, 9.17) is 0 Å². The lowest BCUT2D eigenvalue weighted by atomic mass is 10.2. The Morgan fingerprint density at radius 2 is 1.88 bits per heavy atom. The van der Waals surface area contributed by atoms with Crippen LogP contribution in [0.3, 0.4) is 0 Å². The van der Waals surface area contributed by atoms with E-state index in [0.29, 0.717) is 12.1 Å². The van der Waals surface area contributed by atoms with Crippen LogP contribution in [0.2, 0.25) is 0 Å². The van der Waals surface area contributed by atoms with Crippen LogP contribution in [0.4, 0.5) is 0 Å². The quantitative estimate of drug-likeness (QED) is 0.613. The number of amides is 1. The molecule has 0 aliphatic carbocycles. The van der Waals surface area contributed by atoms with E-state index in [2.05, 4.69) is 27.9 Å². The van der Waals surface area contributed by atoms with Crippen LogP contribution in [0.25, 0.3) is 15.8 Å². The summed E-state index contributed by atoms with van der Waals surface area (Å²) in [4.78, 5) is 12.4. The first-order valence-electron chi connectivity index (χ1n) is 7.65. The van der Waals surface area contributed by atoms with Gasteiger partial charge in [-0.1, -0.05) is 36.4 Å². The van der Waals surface area contributed by atoms with Crippen molar-refractivity contribution >= 4 is 27.3 Å². The van der Waals surface area contributed by atoms with Gasteiger partial charge in [0, 0.05) is 17.4 Å². The third kappa shape index (κ3) is 2.81. The molecule has 5 heteroatoms. The molecule has 0 radical (unpaired) electrons. The van der Waals surface area contributed by atoms with Crippen molar-refractivity contribution in [3.63, 3.8) is 0 Å². The molecule has 2 aromatic carbocycles. The zero-order chi connectivity index (χ0) is 16.4. The van der Waals surface area contributed by atoms with Crippen molar-refractivity contribution in [2.75, 3.05) is 0 Å². The molecule has 2 heterocycles. The smallest absolute Gasteiger partial charge is 0.254 e. The average Bonchev–Trinajstić information content (AvgIpc) is 3.28. The standard InChI is InChI=1S/C19H15N3OS/c23-19(14-11-21-22(12-14)16-6-2-1-3-7-16)20-10-15-13-24-18-9-5-4-8-17(15)18/h1-9,11-13H,10H2,(H,20,23). The molecule has 0 atom stereocenters. The summed E-state index contributed by atoms with van der Waals surface area (Å²) in [5.74, 6) is -0.118. The van der Waals surface area contributed by atoms with Gasteiger partial charge in [-0.15, -0.1) is 11.3 Å². The number of hydrogen-bond acceptors (Lipinski definition) is 3. The summed E-state index contributed by atoms with van der Waals surface area (Å²) in [5.41, 5.74) is 2.62. The van der Waals surface area contributed by atoms with E-state index in [0.717, 1.165) is 11.3 Å². The lowest BCUT2D eigenvalue weighted by Crippen LogP contribution is -2.22. The first-order valence-corrected chi connectivity index (χ1v) is 8.52. The van der Waals surface area contributed by atoms with Gasteiger partial charge in [0.05, 0.1) is 17.4 Å². The first kappa shape index (κ1) is 14.7. The number of nitrogens with zero attached hydrogens (tertiary/aromatic N) is 2. The molecule has 0 fully saturated rings. The van der Waals surface area contributed by atoms with Gasteiger partial charge in [-0.25, -0.2) is 4.68 Å². The second kappa shape index (κ2) is 6.29. The Morgan fingerprint density at radius 1 is 1.08 bits per heavy atom. The highest BCUT2D eigenvalue weighted by molar-refractivity contribution is 7.17. The van der Waals surface area contributed by atoms with Gasteiger partial charge in [-0.05, 0) is 34.5 Å². The summed E-state index contributed by atoms with van der Waals surface area (Å²) in [6.45, 7) is 0.513. The number of rotatable bonds is 4. The van der Waals surface area contributed by atoms with Gasteiger partial charge in [0.2, 0.25) is 0 Å². The normalized spacial score (nSPS) is 10.8. The predicted molar refractivity (Wildman–Crippen MR) is 96.6 cm³/mol. The molecule has 4 aromatic rings. The molecular weight excluding hydrogens is 318 g/mol. The minimum atomic E-state index is -0.118. The third-order valence-electron chi connectivity index (χ3n) is 3.87. The Hall–Kier alpha value is -2.92. The monoisotopic (exact) mass is 333 g/mol. The maximum Gasteiger partial charge on any atom is 0.254 e. The van der Waals surface area contributed by atoms with Gasteiger partial charge >= 0.3 is 0 Å². The van der Waals surface area contributed by atoms with E-state index in [-0.39, 0.29) is 5.91 Å². The molecule has 0 saturated heterocycles. The molecule has 1 amide bonds. The highest BCUT2D eigenvalue weighted by atomic mass is 32.1. The summed E-state index contributed by atoms with van der Waals surface area (Å²) in [6, 6.07) is 18.0. The fraction of sp³-hybridized carbons (Fsp3) is 0.0526. The van der Waals surface area contributed by atoms with Gasteiger partial charge in [-0.3, -0.25) is 4.79 Å². The van der Waals surface area contributed by atoms with Gasteiger partial charge in [0.15, 0.2) is 0 Å². The Morgan fingerprint density at radius 3 is 2.75 bits per heavy atom. The van der Waals surface area contributed by atoms with Crippen LogP contribution in [0, 0.1) is 0 Å². The Kier molecular flexibility index (Phi) is 3.84. The predicted octanol–water partition coefficient (Wildman–Crippen LogP) is 4.02. The molecule has 0 spiro atoms. The van der Waals surface area contributed by atoms with Crippen molar-refractivity contribution in [3.05, 3.63) is 83.5 Å². The zero-order valence-corrected chi connectivity index (χ0v) is 13.7. The number of benzene rings is 2. The van der Waals surface area contributed by atoms with E-state index < -0.39 is 0 Å². The van der Waals surface area contributed by atoms with Crippen LogP contribution in [0.15, 0.2) is 72.4 Å². The van der Waals surface area contributed by atoms with Crippen LogP contribution in [-0.4, -0.2) is 15.7 Å². The number of para-hydroxylation sites is 1. The molecule has 118 valence electrons. The van der Waals surface area contributed by atoms with E-state index in [1.165, 1.54) is 10.1 Å². The molecule has 0 bridgehead atoms. The largest absolute Gasteiger partial charge is 0.348 e. The minimum Gasteiger partial charge on any atom is -0.348 e. The highest BCUT2D eigenvalue weighted by Crippen LogP contribution is 2.25. The van der Waals surface area contributed by atoms with Crippen molar-refractivity contribution in [2.24, 2.45) is 0 Å². The maximum atomic E-state index is 12.4. The van der Waals surface area contributed by atoms with Gasteiger partial charge in [-0.2, -0.15) is 5.10 Å². The van der Waals surface area contributed by atoms with Crippen molar-refractivity contribution in [2.45, 2.75) is 6.54 Å². The van der Waals surface area contributed by atoms with Crippen LogP contribution in [0.5, 0.6) is 0 Å². The van der Waals surface area contributed by atoms with Crippen molar-refractivity contribution in [1.29, 1.82) is 0 Å². The summed E-state index contributed by atoms with van der Waals surface area (Å²) < 4.78 is 2.94. The summed E-state index contributed by atoms with van der Waals surface area (Å²) in [5, 5.41) is 10.5. The summed E-state index contributed by atoms with van der Waals surface area (Å²) in [7, 11) is 0. The third-order valence-corrected chi connectivity index (χ3v) is 4.88. The highest BCUT2D eigenvalue weighted by Gasteiger charge is 2.10. The number of nitrogens with one attached hydrogen (secondary N) is 1. The number of aromatic nitrogens is 2. The summed E-state index contributed by atoms with van der Waals surface area (Å²) >= 11 is 1.70. The van der Waals surface area contributed by atoms with Crippen molar-refractivity contribution < 1.29 is 4.79 Å². The molecule has 1 N–H and O–H groups in total. The summed E-state index contributed by atoms with van der Waals surface area (Å²) in [6.07, 6.45) is 3.34. The molecule has 24 heavy (non-hydrogen) atoms. The SMILES string of the molecule is O=C(NCc1csc2ccccc12)c1cnn(-c2ccccc2)c1.